The molecule has 0 amide bonds. The van der Waals surface area contributed by atoms with Gasteiger partial charge in [0.15, 0.2) is 6.61 Å². The van der Waals surface area contributed by atoms with Crippen LogP contribution in [0.2, 0.25) is 0 Å². The molecule has 0 heterocycles. The fourth-order valence-corrected chi connectivity index (χ4v) is 1.77. The summed E-state index contributed by atoms with van der Waals surface area (Å²) in [6, 6.07) is 13.8. The first-order valence-corrected chi connectivity index (χ1v) is 5.07. The van der Waals surface area contributed by atoms with Gasteiger partial charge in [-0.25, -0.2) is 0 Å². The van der Waals surface area contributed by atoms with Gasteiger partial charge in [-0.05, 0) is 16.8 Å². The quantitative estimate of drug-likeness (QED) is 0.848. The van der Waals surface area contributed by atoms with Crippen molar-refractivity contribution < 1.29 is 4.74 Å². The van der Waals surface area contributed by atoms with Gasteiger partial charge in [-0.15, -0.1) is 0 Å². The van der Waals surface area contributed by atoms with Gasteiger partial charge < -0.3 is 10.5 Å². The van der Waals surface area contributed by atoms with Crippen LogP contribution in [-0.2, 0) is 6.54 Å². The van der Waals surface area contributed by atoms with Crippen LogP contribution in [0.4, 0.5) is 0 Å². The summed E-state index contributed by atoms with van der Waals surface area (Å²) in [6.45, 7) is 0.452. The van der Waals surface area contributed by atoms with Crippen molar-refractivity contribution in [3.63, 3.8) is 0 Å². The van der Waals surface area contributed by atoms with Gasteiger partial charge in [0, 0.05) is 12.1 Å². The molecule has 0 aliphatic carbocycles. The maximum atomic E-state index is 8.50. The molecule has 0 bridgehead atoms. The van der Waals surface area contributed by atoms with Crippen LogP contribution in [0.3, 0.4) is 0 Å². The van der Waals surface area contributed by atoms with Gasteiger partial charge in [0.1, 0.15) is 11.8 Å². The summed E-state index contributed by atoms with van der Waals surface area (Å²) < 4.78 is 5.34. The lowest BCUT2D eigenvalue weighted by Gasteiger charge is -2.10. The molecule has 0 saturated carbocycles. The molecule has 0 radical (unpaired) electrons. The van der Waals surface area contributed by atoms with E-state index in [1.807, 2.05) is 42.5 Å². The molecule has 2 aromatic carbocycles. The average molecular weight is 212 g/mol. The summed E-state index contributed by atoms with van der Waals surface area (Å²) in [4.78, 5) is 0. The van der Waals surface area contributed by atoms with Crippen LogP contribution in [0, 0.1) is 11.3 Å². The fraction of sp³-hybridized carbons (Fsp3) is 0.154. The molecule has 0 aliphatic rings. The largest absolute Gasteiger partial charge is 0.478 e. The minimum absolute atomic E-state index is 0.0470. The standard InChI is InChI=1S/C13H12N2O/c14-7-8-16-13-6-5-10-3-1-2-4-11(10)12(13)9-15/h1-6H,8-9,15H2. The van der Waals surface area contributed by atoms with Gasteiger partial charge in [0.2, 0.25) is 0 Å². The van der Waals surface area contributed by atoms with E-state index in [4.69, 9.17) is 15.7 Å². The molecule has 0 unspecified atom stereocenters. The molecule has 16 heavy (non-hydrogen) atoms. The van der Waals surface area contributed by atoms with E-state index in [0.29, 0.717) is 12.3 Å². The van der Waals surface area contributed by atoms with E-state index < -0.39 is 0 Å². The van der Waals surface area contributed by atoms with Crippen molar-refractivity contribution in [1.29, 1.82) is 5.26 Å². The summed E-state index contributed by atoms with van der Waals surface area (Å²) in [5, 5.41) is 10.7. The zero-order valence-corrected chi connectivity index (χ0v) is 8.81. The van der Waals surface area contributed by atoms with Crippen LogP contribution >= 0.6 is 0 Å². The number of ether oxygens (including phenoxy) is 1. The molecular formula is C13H12N2O. The van der Waals surface area contributed by atoms with Crippen molar-refractivity contribution in [2.45, 2.75) is 6.54 Å². The minimum Gasteiger partial charge on any atom is -0.478 e. The Morgan fingerprint density at radius 2 is 2.00 bits per heavy atom. The third-order valence-corrected chi connectivity index (χ3v) is 2.49. The monoisotopic (exact) mass is 212 g/mol. The van der Waals surface area contributed by atoms with E-state index in [9.17, 15) is 0 Å². The van der Waals surface area contributed by atoms with E-state index in [-0.39, 0.29) is 6.61 Å². The van der Waals surface area contributed by atoms with Crippen LogP contribution in [0.1, 0.15) is 5.56 Å². The van der Waals surface area contributed by atoms with E-state index in [1.54, 1.807) is 0 Å². The second-order valence-electron chi connectivity index (χ2n) is 3.41. The lowest BCUT2D eigenvalue weighted by Crippen LogP contribution is -2.03. The predicted octanol–water partition coefficient (Wildman–Crippen LogP) is 2.20. The second kappa shape index (κ2) is 4.65. The van der Waals surface area contributed by atoms with Crippen molar-refractivity contribution in [1.82, 2.24) is 0 Å². The Morgan fingerprint density at radius 3 is 2.75 bits per heavy atom. The van der Waals surface area contributed by atoms with Gasteiger partial charge >= 0.3 is 0 Å². The lowest BCUT2D eigenvalue weighted by atomic mass is 10.0. The zero-order chi connectivity index (χ0) is 11.4. The SMILES string of the molecule is N#CCOc1ccc2ccccc2c1CN. The number of nitrogens with two attached hydrogens (primary N) is 1. The number of nitrogens with zero attached hydrogens (tertiary/aromatic N) is 1. The topological polar surface area (TPSA) is 59.0 Å². The highest BCUT2D eigenvalue weighted by molar-refractivity contribution is 5.87. The van der Waals surface area contributed by atoms with Crippen LogP contribution < -0.4 is 10.5 Å². The molecule has 2 N–H and O–H groups in total. The molecule has 80 valence electrons. The first kappa shape index (κ1) is 10.5. The summed E-state index contributed by atoms with van der Waals surface area (Å²) in [6.07, 6.45) is 0. The maximum absolute atomic E-state index is 8.50. The van der Waals surface area contributed by atoms with Crippen molar-refractivity contribution in [2.24, 2.45) is 5.73 Å². The summed E-state index contributed by atoms with van der Waals surface area (Å²) in [5.74, 6) is 0.697. The third-order valence-electron chi connectivity index (χ3n) is 2.49. The molecule has 0 aromatic heterocycles. The summed E-state index contributed by atoms with van der Waals surface area (Å²) >= 11 is 0. The van der Waals surface area contributed by atoms with Gasteiger partial charge in [0.05, 0.1) is 0 Å². The molecule has 0 spiro atoms. The molecule has 3 heteroatoms. The number of rotatable bonds is 3. The second-order valence-corrected chi connectivity index (χ2v) is 3.41. The summed E-state index contributed by atoms with van der Waals surface area (Å²) in [7, 11) is 0. The first-order valence-electron chi connectivity index (χ1n) is 5.07. The molecule has 0 saturated heterocycles. The third kappa shape index (κ3) is 1.83. The average Bonchev–Trinajstić information content (AvgIpc) is 2.35. The highest BCUT2D eigenvalue weighted by Crippen LogP contribution is 2.27. The van der Waals surface area contributed by atoms with Gasteiger partial charge in [0.25, 0.3) is 0 Å². The van der Waals surface area contributed by atoms with Crippen LogP contribution in [-0.4, -0.2) is 6.61 Å². The minimum atomic E-state index is 0.0470. The molecule has 0 fully saturated rings. The van der Waals surface area contributed by atoms with Crippen LogP contribution in [0.25, 0.3) is 10.8 Å². The molecule has 2 rings (SSSR count). The number of nitriles is 1. The lowest BCUT2D eigenvalue weighted by molar-refractivity contribution is 0.365. The number of hydrogen-bond donors (Lipinski definition) is 1. The van der Waals surface area contributed by atoms with Crippen LogP contribution in [0.15, 0.2) is 36.4 Å². The van der Waals surface area contributed by atoms with Crippen LogP contribution in [0.5, 0.6) is 5.75 Å². The van der Waals surface area contributed by atoms with Crippen molar-refractivity contribution in [3.8, 4) is 11.8 Å². The Balaban J connectivity index is 2.55. The number of hydrogen-bond acceptors (Lipinski definition) is 3. The smallest absolute Gasteiger partial charge is 0.174 e. The molecule has 0 atom stereocenters. The maximum Gasteiger partial charge on any atom is 0.174 e. The fourth-order valence-electron chi connectivity index (χ4n) is 1.77. The number of benzene rings is 2. The molecule has 2 aromatic rings. The van der Waals surface area contributed by atoms with Crippen molar-refractivity contribution >= 4 is 10.8 Å². The Kier molecular flexibility index (Phi) is 3.04. The van der Waals surface area contributed by atoms with E-state index in [2.05, 4.69) is 0 Å². The summed E-state index contributed by atoms with van der Waals surface area (Å²) in [5.41, 5.74) is 6.68. The van der Waals surface area contributed by atoms with Gasteiger partial charge in [-0.2, -0.15) is 5.26 Å². The molecule has 3 nitrogen and oxygen atoms in total. The van der Waals surface area contributed by atoms with Gasteiger partial charge in [-0.3, -0.25) is 0 Å². The van der Waals surface area contributed by atoms with Crippen molar-refractivity contribution in [3.05, 3.63) is 42.0 Å². The Bertz CT molecular complexity index is 543. The van der Waals surface area contributed by atoms with E-state index in [0.717, 1.165) is 16.3 Å². The predicted molar refractivity (Wildman–Crippen MR) is 62.9 cm³/mol. The Hall–Kier alpha value is -2.05. The highest BCUT2D eigenvalue weighted by Gasteiger charge is 2.06. The highest BCUT2D eigenvalue weighted by atomic mass is 16.5. The Labute approximate surface area is 94.1 Å². The molecular weight excluding hydrogens is 200 g/mol. The van der Waals surface area contributed by atoms with Gasteiger partial charge in [-0.1, -0.05) is 30.3 Å². The Morgan fingerprint density at radius 1 is 1.19 bits per heavy atom. The first-order chi connectivity index (χ1) is 7.86. The molecule has 0 aliphatic heterocycles. The van der Waals surface area contributed by atoms with E-state index >= 15 is 0 Å². The normalized spacial score (nSPS) is 10.0. The zero-order valence-electron chi connectivity index (χ0n) is 8.81. The number of fused-ring (bicyclic) bond motifs is 1. The van der Waals surface area contributed by atoms with E-state index in [1.165, 1.54) is 0 Å². The van der Waals surface area contributed by atoms with Crippen molar-refractivity contribution in [2.75, 3.05) is 6.61 Å².